The van der Waals surface area contributed by atoms with Gasteiger partial charge in [0.2, 0.25) is 5.91 Å². The van der Waals surface area contributed by atoms with Gasteiger partial charge in [-0.05, 0) is 41.7 Å². The van der Waals surface area contributed by atoms with Gasteiger partial charge in [0.25, 0.3) is 5.69 Å². The molecule has 7 heteroatoms. The average molecular weight is 415 g/mol. The molecule has 0 spiro atoms. The van der Waals surface area contributed by atoms with Crippen LogP contribution in [-0.4, -0.2) is 16.6 Å². The lowest BCUT2D eigenvalue weighted by molar-refractivity contribution is -0.384. The molecule has 2 aliphatic rings. The molecular formula is C24H21N3O4. The molecule has 0 bridgehead atoms. The molecule has 1 aliphatic carbocycles. The number of hydrogen-bond acceptors (Lipinski definition) is 5. The SMILES string of the molecule is CC1(C)CC(=O)C2=C(C1)N(c1ccc(C#N)cc1)C(=O)CC2c1cccc([N+](=O)[O-])c1. The van der Waals surface area contributed by atoms with E-state index in [0.29, 0.717) is 40.9 Å². The number of benzene rings is 2. The number of rotatable bonds is 3. The molecule has 0 fully saturated rings. The molecule has 31 heavy (non-hydrogen) atoms. The predicted molar refractivity (Wildman–Crippen MR) is 114 cm³/mol. The van der Waals surface area contributed by atoms with Crippen LogP contribution in [0.4, 0.5) is 11.4 Å². The zero-order valence-electron chi connectivity index (χ0n) is 17.3. The summed E-state index contributed by atoms with van der Waals surface area (Å²) in [5.74, 6) is -0.722. The first-order chi connectivity index (χ1) is 14.7. The second kappa shape index (κ2) is 7.47. The van der Waals surface area contributed by atoms with Gasteiger partial charge in [-0.15, -0.1) is 0 Å². The molecule has 7 nitrogen and oxygen atoms in total. The quantitative estimate of drug-likeness (QED) is 0.537. The summed E-state index contributed by atoms with van der Waals surface area (Å²) in [6.07, 6.45) is 0.935. The molecule has 2 aromatic carbocycles. The molecule has 0 saturated heterocycles. The molecule has 1 aliphatic heterocycles. The Balaban J connectivity index is 1.88. The molecule has 1 amide bonds. The standard InChI is InChI=1S/C24H21N3O4/c1-24(2)12-20-23(21(28)13-24)19(16-4-3-5-18(10-16)27(30)31)11-22(29)26(20)17-8-6-15(14-25)7-9-17/h3-10,19H,11-13H2,1-2H3. The molecule has 0 N–H and O–H groups in total. The number of anilines is 1. The van der Waals surface area contributed by atoms with E-state index in [1.54, 1.807) is 41.3 Å². The molecule has 1 unspecified atom stereocenters. The fraction of sp³-hybridized carbons (Fsp3) is 0.292. The van der Waals surface area contributed by atoms with E-state index in [-0.39, 0.29) is 29.2 Å². The van der Waals surface area contributed by atoms with Crippen molar-refractivity contribution in [3.63, 3.8) is 0 Å². The summed E-state index contributed by atoms with van der Waals surface area (Å²) in [4.78, 5) is 38.9. The molecular weight excluding hydrogens is 394 g/mol. The number of nitro groups is 1. The first-order valence-corrected chi connectivity index (χ1v) is 10.0. The Morgan fingerprint density at radius 2 is 1.84 bits per heavy atom. The summed E-state index contributed by atoms with van der Waals surface area (Å²) in [5.41, 5.74) is 2.53. The molecule has 0 radical (unpaired) electrons. The number of amides is 1. The third kappa shape index (κ3) is 3.73. The normalized spacial score (nSPS) is 20.3. The number of ketones is 1. The van der Waals surface area contributed by atoms with Gasteiger partial charge in [0.1, 0.15) is 0 Å². The Hall–Kier alpha value is -3.79. The van der Waals surface area contributed by atoms with Crippen LogP contribution >= 0.6 is 0 Å². The molecule has 4 rings (SSSR count). The third-order valence-corrected chi connectivity index (χ3v) is 5.88. The van der Waals surface area contributed by atoms with Gasteiger partial charge < -0.3 is 0 Å². The topological polar surface area (TPSA) is 104 Å². The zero-order valence-corrected chi connectivity index (χ0v) is 17.3. The van der Waals surface area contributed by atoms with Gasteiger partial charge in [0, 0.05) is 47.8 Å². The van der Waals surface area contributed by atoms with Crippen molar-refractivity contribution in [2.24, 2.45) is 5.41 Å². The first kappa shape index (κ1) is 20.5. The van der Waals surface area contributed by atoms with Crippen molar-refractivity contribution in [3.05, 3.63) is 81.0 Å². The highest BCUT2D eigenvalue weighted by atomic mass is 16.6. The van der Waals surface area contributed by atoms with Crippen molar-refractivity contribution in [2.45, 2.75) is 39.0 Å². The van der Waals surface area contributed by atoms with Crippen molar-refractivity contribution in [1.29, 1.82) is 5.26 Å². The summed E-state index contributed by atoms with van der Waals surface area (Å²) < 4.78 is 0. The van der Waals surface area contributed by atoms with Crippen LogP contribution in [0.5, 0.6) is 0 Å². The highest BCUT2D eigenvalue weighted by Gasteiger charge is 2.44. The van der Waals surface area contributed by atoms with E-state index in [1.807, 2.05) is 13.8 Å². The van der Waals surface area contributed by atoms with Crippen LogP contribution in [0.25, 0.3) is 0 Å². The second-order valence-corrected chi connectivity index (χ2v) is 8.80. The van der Waals surface area contributed by atoms with E-state index in [9.17, 15) is 19.7 Å². The van der Waals surface area contributed by atoms with E-state index < -0.39 is 10.8 Å². The van der Waals surface area contributed by atoms with Crippen LogP contribution in [0.3, 0.4) is 0 Å². The molecule has 0 aromatic heterocycles. The number of hydrogen-bond donors (Lipinski definition) is 0. The Bertz CT molecular complexity index is 1170. The van der Waals surface area contributed by atoms with Crippen LogP contribution in [0.2, 0.25) is 0 Å². The summed E-state index contributed by atoms with van der Waals surface area (Å²) in [6, 6.07) is 14.9. The van der Waals surface area contributed by atoms with E-state index >= 15 is 0 Å². The van der Waals surface area contributed by atoms with E-state index in [4.69, 9.17) is 5.26 Å². The highest BCUT2D eigenvalue weighted by Crippen LogP contribution is 2.48. The molecule has 2 aromatic rings. The Labute approximate surface area is 179 Å². The number of nitro benzene ring substituents is 1. The number of carbonyl (C=O) groups is 2. The number of non-ortho nitro benzene ring substituents is 1. The van der Waals surface area contributed by atoms with Crippen molar-refractivity contribution < 1.29 is 14.5 Å². The number of Topliss-reactive ketones (excluding diaryl/α,β-unsaturated/α-hetero) is 1. The lowest BCUT2D eigenvalue weighted by Crippen LogP contribution is -2.43. The molecule has 1 heterocycles. The van der Waals surface area contributed by atoms with Crippen LogP contribution in [0.15, 0.2) is 59.8 Å². The lowest BCUT2D eigenvalue weighted by Gasteiger charge is -2.43. The summed E-state index contributed by atoms with van der Waals surface area (Å²) in [5, 5.41) is 20.3. The Morgan fingerprint density at radius 3 is 2.48 bits per heavy atom. The Kier molecular flexibility index (Phi) is 4.94. The minimum absolute atomic E-state index is 0.0334. The smallest absolute Gasteiger partial charge is 0.269 e. The van der Waals surface area contributed by atoms with Gasteiger partial charge in [-0.25, -0.2) is 0 Å². The van der Waals surface area contributed by atoms with Crippen LogP contribution in [-0.2, 0) is 9.59 Å². The molecule has 156 valence electrons. The fourth-order valence-electron chi connectivity index (χ4n) is 4.54. The van der Waals surface area contributed by atoms with Gasteiger partial charge in [-0.2, -0.15) is 5.26 Å². The van der Waals surface area contributed by atoms with E-state index in [1.165, 1.54) is 12.1 Å². The van der Waals surface area contributed by atoms with Gasteiger partial charge in [0.05, 0.1) is 16.6 Å². The maximum atomic E-state index is 13.3. The van der Waals surface area contributed by atoms with Crippen molar-refractivity contribution in [1.82, 2.24) is 0 Å². The Morgan fingerprint density at radius 1 is 1.13 bits per heavy atom. The van der Waals surface area contributed by atoms with Crippen LogP contribution < -0.4 is 4.90 Å². The van der Waals surface area contributed by atoms with Crippen molar-refractivity contribution in [2.75, 3.05) is 4.90 Å². The van der Waals surface area contributed by atoms with Gasteiger partial charge >= 0.3 is 0 Å². The van der Waals surface area contributed by atoms with E-state index in [2.05, 4.69) is 6.07 Å². The second-order valence-electron chi connectivity index (χ2n) is 8.80. The van der Waals surface area contributed by atoms with Gasteiger partial charge in [-0.1, -0.05) is 26.0 Å². The van der Waals surface area contributed by atoms with Crippen LogP contribution in [0.1, 0.15) is 50.2 Å². The first-order valence-electron chi connectivity index (χ1n) is 10.0. The zero-order chi connectivity index (χ0) is 22.3. The van der Waals surface area contributed by atoms with Crippen molar-refractivity contribution in [3.8, 4) is 6.07 Å². The number of nitrogens with zero attached hydrogens (tertiary/aromatic N) is 3. The van der Waals surface area contributed by atoms with Crippen LogP contribution in [0, 0.1) is 26.9 Å². The summed E-state index contributed by atoms with van der Waals surface area (Å²) in [6.45, 7) is 3.99. The monoisotopic (exact) mass is 415 g/mol. The average Bonchev–Trinajstić information content (AvgIpc) is 2.72. The molecule has 0 saturated carbocycles. The predicted octanol–water partition coefficient (Wildman–Crippen LogP) is 4.63. The lowest BCUT2D eigenvalue weighted by atomic mass is 9.69. The minimum Gasteiger partial charge on any atom is -0.294 e. The van der Waals surface area contributed by atoms with Gasteiger partial charge in [-0.3, -0.25) is 24.6 Å². The largest absolute Gasteiger partial charge is 0.294 e. The third-order valence-electron chi connectivity index (χ3n) is 5.88. The van der Waals surface area contributed by atoms with Crippen molar-refractivity contribution >= 4 is 23.1 Å². The highest BCUT2D eigenvalue weighted by molar-refractivity contribution is 6.07. The number of allylic oxidation sites excluding steroid dienone is 2. The minimum atomic E-state index is -0.513. The number of carbonyl (C=O) groups excluding carboxylic acids is 2. The van der Waals surface area contributed by atoms with Gasteiger partial charge in [0.15, 0.2) is 5.78 Å². The summed E-state index contributed by atoms with van der Waals surface area (Å²) in [7, 11) is 0. The maximum Gasteiger partial charge on any atom is 0.269 e. The summed E-state index contributed by atoms with van der Waals surface area (Å²) >= 11 is 0. The van der Waals surface area contributed by atoms with E-state index in [0.717, 1.165) is 0 Å². The fourth-order valence-corrected chi connectivity index (χ4v) is 4.54. The maximum absolute atomic E-state index is 13.3. The number of nitriles is 1. The molecule has 1 atom stereocenters.